The quantitative estimate of drug-likeness (QED) is 0.213. The van der Waals surface area contributed by atoms with Gasteiger partial charge in [0.05, 0.1) is 6.54 Å². The molecule has 7 nitrogen and oxygen atoms in total. The summed E-state index contributed by atoms with van der Waals surface area (Å²) in [6.07, 6.45) is 3.44. The highest BCUT2D eigenvalue weighted by molar-refractivity contribution is 14.0. The van der Waals surface area contributed by atoms with E-state index in [4.69, 9.17) is 4.74 Å². The topological polar surface area (TPSA) is 76.4 Å². The minimum Gasteiger partial charge on any atom is -0.382 e. The first kappa shape index (κ1) is 24.3. The molecule has 1 aromatic heterocycles. The second-order valence-corrected chi connectivity index (χ2v) is 5.95. The van der Waals surface area contributed by atoms with Gasteiger partial charge in [-0.2, -0.15) is 0 Å². The van der Waals surface area contributed by atoms with E-state index in [0.717, 1.165) is 31.8 Å². The average molecular weight is 504 g/mol. The summed E-state index contributed by atoms with van der Waals surface area (Å²) < 4.78 is 21.2. The number of aliphatic imine (C=N–C) groups is 1. The van der Waals surface area contributed by atoms with E-state index in [2.05, 4.69) is 32.7 Å². The molecule has 1 aromatic carbocycles. The molecule has 9 heteroatoms. The molecule has 0 spiro atoms. The van der Waals surface area contributed by atoms with E-state index in [-0.39, 0.29) is 36.3 Å². The van der Waals surface area contributed by atoms with Crippen LogP contribution in [0.2, 0.25) is 0 Å². The Hall–Kier alpha value is -1.75. The minimum atomic E-state index is -0.242. The van der Waals surface area contributed by atoms with E-state index in [9.17, 15) is 4.39 Å². The van der Waals surface area contributed by atoms with Gasteiger partial charge in [-0.1, -0.05) is 25.1 Å². The van der Waals surface area contributed by atoms with Gasteiger partial charge in [-0.05, 0) is 19.4 Å². The molecule has 0 aliphatic rings. The highest BCUT2D eigenvalue weighted by Gasteiger charge is 2.04. The smallest absolute Gasteiger partial charge is 0.191 e. The second kappa shape index (κ2) is 14.3. The Labute approximate surface area is 183 Å². The summed E-state index contributed by atoms with van der Waals surface area (Å²) in [7, 11) is 0. The van der Waals surface area contributed by atoms with Crippen LogP contribution in [0.4, 0.5) is 4.39 Å². The number of hydrogen-bond acceptors (Lipinski definition) is 4. The molecule has 156 valence electrons. The molecule has 2 rings (SSSR count). The van der Waals surface area contributed by atoms with Crippen molar-refractivity contribution in [2.24, 2.45) is 4.99 Å². The maximum Gasteiger partial charge on any atom is 0.191 e. The largest absolute Gasteiger partial charge is 0.382 e. The van der Waals surface area contributed by atoms with E-state index in [1.165, 1.54) is 6.07 Å². The van der Waals surface area contributed by atoms with Crippen molar-refractivity contribution in [1.29, 1.82) is 0 Å². The SMILES string of the molecule is CCOCCCNC(=NCc1ccccc1F)NCCn1cnnc1CC.I. The van der Waals surface area contributed by atoms with Crippen LogP contribution in [0, 0.1) is 5.82 Å². The van der Waals surface area contributed by atoms with E-state index in [1.807, 2.05) is 17.6 Å². The summed E-state index contributed by atoms with van der Waals surface area (Å²) >= 11 is 0. The normalized spacial score (nSPS) is 11.2. The van der Waals surface area contributed by atoms with Crippen molar-refractivity contribution in [2.45, 2.75) is 39.8 Å². The lowest BCUT2D eigenvalue weighted by molar-refractivity contribution is 0.145. The van der Waals surface area contributed by atoms with Crippen molar-refractivity contribution in [3.8, 4) is 0 Å². The van der Waals surface area contributed by atoms with E-state index >= 15 is 0 Å². The maximum absolute atomic E-state index is 13.8. The van der Waals surface area contributed by atoms with Gasteiger partial charge in [0.15, 0.2) is 5.96 Å². The molecule has 0 atom stereocenters. The van der Waals surface area contributed by atoms with E-state index < -0.39 is 0 Å². The first-order chi connectivity index (χ1) is 13.2. The van der Waals surface area contributed by atoms with Crippen LogP contribution >= 0.6 is 24.0 Å². The summed E-state index contributed by atoms with van der Waals surface area (Å²) in [5, 5.41) is 14.6. The van der Waals surface area contributed by atoms with Gasteiger partial charge < -0.3 is 19.9 Å². The van der Waals surface area contributed by atoms with Crippen molar-refractivity contribution in [1.82, 2.24) is 25.4 Å². The number of rotatable bonds is 11. The van der Waals surface area contributed by atoms with Gasteiger partial charge in [0.25, 0.3) is 0 Å². The summed E-state index contributed by atoms with van der Waals surface area (Å²) in [6, 6.07) is 6.69. The van der Waals surface area contributed by atoms with Crippen molar-refractivity contribution in [3.05, 3.63) is 47.8 Å². The molecule has 0 saturated carbocycles. The summed E-state index contributed by atoms with van der Waals surface area (Å²) in [4.78, 5) is 4.51. The highest BCUT2D eigenvalue weighted by Crippen LogP contribution is 2.07. The molecule has 0 aliphatic carbocycles. The standard InChI is InChI=1S/C19H29FN6O.HI/c1-3-18-25-24-15-26(18)12-11-22-19(21-10-7-13-27-4-2)23-14-16-8-5-6-9-17(16)20;/h5-6,8-9,15H,3-4,7,10-14H2,1-2H3,(H2,21,22,23);1H. The Bertz CT molecular complexity index is 709. The van der Waals surface area contributed by atoms with Crippen LogP contribution in [-0.2, 0) is 24.2 Å². The minimum absolute atomic E-state index is 0. The fourth-order valence-corrected chi connectivity index (χ4v) is 2.52. The van der Waals surface area contributed by atoms with Crippen LogP contribution in [0.5, 0.6) is 0 Å². The third-order valence-corrected chi connectivity index (χ3v) is 3.98. The van der Waals surface area contributed by atoms with Gasteiger partial charge in [0, 0.05) is 44.8 Å². The Morgan fingerprint density at radius 2 is 2.00 bits per heavy atom. The fraction of sp³-hybridized carbons (Fsp3) is 0.526. The molecule has 0 fully saturated rings. The monoisotopic (exact) mass is 504 g/mol. The van der Waals surface area contributed by atoms with Gasteiger partial charge in [-0.15, -0.1) is 34.2 Å². The number of aromatic nitrogens is 3. The molecule has 0 amide bonds. The lowest BCUT2D eigenvalue weighted by Gasteiger charge is -2.13. The Morgan fingerprint density at radius 1 is 1.21 bits per heavy atom. The molecule has 0 radical (unpaired) electrons. The van der Waals surface area contributed by atoms with Gasteiger partial charge in [-0.3, -0.25) is 0 Å². The number of nitrogens with zero attached hydrogens (tertiary/aromatic N) is 4. The van der Waals surface area contributed by atoms with Crippen LogP contribution < -0.4 is 10.6 Å². The molecule has 2 N–H and O–H groups in total. The van der Waals surface area contributed by atoms with Crippen LogP contribution in [0.1, 0.15) is 31.7 Å². The first-order valence-corrected chi connectivity index (χ1v) is 9.44. The van der Waals surface area contributed by atoms with Gasteiger partial charge in [0.2, 0.25) is 0 Å². The van der Waals surface area contributed by atoms with Crippen LogP contribution in [0.25, 0.3) is 0 Å². The van der Waals surface area contributed by atoms with Crippen LogP contribution in [-0.4, -0.2) is 47.0 Å². The number of guanidine groups is 1. The zero-order valence-electron chi connectivity index (χ0n) is 16.5. The molecule has 2 aromatic rings. The molecule has 0 bridgehead atoms. The number of nitrogens with one attached hydrogen (secondary N) is 2. The van der Waals surface area contributed by atoms with Gasteiger partial charge in [0.1, 0.15) is 18.0 Å². The fourth-order valence-electron chi connectivity index (χ4n) is 2.52. The summed E-state index contributed by atoms with van der Waals surface area (Å²) in [5.41, 5.74) is 0.569. The first-order valence-electron chi connectivity index (χ1n) is 9.44. The van der Waals surface area contributed by atoms with E-state index in [1.54, 1.807) is 18.5 Å². The van der Waals surface area contributed by atoms with Crippen LogP contribution in [0.15, 0.2) is 35.6 Å². The maximum atomic E-state index is 13.8. The molecule has 0 unspecified atom stereocenters. The lowest BCUT2D eigenvalue weighted by Crippen LogP contribution is -2.39. The van der Waals surface area contributed by atoms with Gasteiger partial charge >= 0.3 is 0 Å². The summed E-state index contributed by atoms with van der Waals surface area (Å²) in [6.45, 7) is 7.85. The van der Waals surface area contributed by atoms with Crippen molar-refractivity contribution >= 4 is 29.9 Å². The van der Waals surface area contributed by atoms with Crippen molar-refractivity contribution < 1.29 is 9.13 Å². The Balaban J connectivity index is 0.00000392. The zero-order chi connectivity index (χ0) is 19.3. The highest BCUT2D eigenvalue weighted by atomic mass is 127. The molecule has 1 heterocycles. The number of ether oxygens (including phenoxy) is 1. The van der Waals surface area contributed by atoms with Crippen molar-refractivity contribution in [3.63, 3.8) is 0 Å². The Morgan fingerprint density at radius 3 is 2.75 bits per heavy atom. The second-order valence-electron chi connectivity index (χ2n) is 5.95. The molecular weight excluding hydrogens is 474 g/mol. The predicted octanol–water partition coefficient (Wildman–Crippen LogP) is 2.76. The third kappa shape index (κ3) is 8.51. The molecular formula is C19H30FIN6O. The van der Waals surface area contributed by atoms with Crippen molar-refractivity contribution in [2.75, 3.05) is 26.3 Å². The lowest BCUT2D eigenvalue weighted by atomic mass is 10.2. The Kier molecular flexibility index (Phi) is 12.4. The molecule has 0 saturated heterocycles. The third-order valence-electron chi connectivity index (χ3n) is 3.98. The number of aryl methyl sites for hydroxylation is 1. The van der Waals surface area contributed by atoms with Crippen LogP contribution in [0.3, 0.4) is 0 Å². The molecule has 0 aliphatic heterocycles. The predicted molar refractivity (Wildman–Crippen MR) is 119 cm³/mol. The zero-order valence-corrected chi connectivity index (χ0v) is 18.9. The number of halogens is 2. The number of benzene rings is 1. The van der Waals surface area contributed by atoms with E-state index in [0.29, 0.717) is 31.3 Å². The number of hydrogen-bond donors (Lipinski definition) is 2. The average Bonchev–Trinajstić information content (AvgIpc) is 3.14. The molecule has 28 heavy (non-hydrogen) atoms. The summed E-state index contributed by atoms with van der Waals surface area (Å²) in [5.74, 6) is 1.36. The van der Waals surface area contributed by atoms with Gasteiger partial charge in [-0.25, -0.2) is 9.38 Å².